The van der Waals surface area contributed by atoms with E-state index in [1.807, 2.05) is 0 Å². The monoisotopic (exact) mass is 373 g/mol. The van der Waals surface area contributed by atoms with Gasteiger partial charge in [-0.15, -0.1) is 0 Å². The van der Waals surface area contributed by atoms with E-state index in [9.17, 15) is 0 Å². The topological polar surface area (TPSA) is 21.6 Å². The van der Waals surface area contributed by atoms with Crippen LogP contribution < -0.4 is 4.74 Å². The van der Waals surface area contributed by atoms with Crippen molar-refractivity contribution in [3.63, 3.8) is 0 Å². The average Bonchev–Trinajstić information content (AvgIpc) is 2.65. The lowest BCUT2D eigenvalue weighted by molar-refractivity contribution is 0.131. The Labute approximate surface area is 169 Å². The van der Waals surface area contributed by atoms with Gasteiger partial charge in [-0.1, -0.05) is 36.4 Å². The maximum absolute atomic E-state index is 5.88. The molecule has 0 spiro atoms. The molecule has 0 saturated heterocycles. The molecule has 0 saturated carbocycles. The molecule has 0 bridgehead atoms. The van der Waals surface area contributed by atoms with Crippen LogP contribution in [0.3, 0.4) is 0 Å². The third-order valence-electron chi connectivity index (χ3n) is 4.69. The molecule has 0 aliphatic rings. The summed E-state index contributed by atoms with van der Waals surface area (Å²) in [4.78, 5) is 4.70. The van der Waals surface area contributed by atoms with Gasteiger partial charge in [-0.3, -0.25) is 4.99 Å². The van der Waals surface area contributed by atoms with Crippen LogP contribution in [0.15, 0.2) is 65.7 Å². The number of benzene rings is 3. The first kappa shape index (κ1) is 20.1. The van der Waals surface area contributed by atoms with Gasteiger partial charge in [-0.2, -0.15) is 0 Å². The van der Waals surface area contributed by atoms with E-state index < -0.39 is 0 Å². The zero-order valence-electron chi connectivity index (χ0n) is 17.5. The molecule has 146 valence electrons. The first-order chi connectivity index (χ1) is 13.4. The molecule has 0 aromatic heterocycles. The van der Waals surface area contributed by atoms with Crippen LogP contribution in [0.4, 0.5) is 5.69 Å². The molecule has 0 aliphatic heterocycles. The molecule has 2 nitrogen and oxygen atoms in total. The molecule has 0 unspecified atom stereocenters. The maximum Gasteiger partial charge on any atom is 0.120 e. The Morgan fingerprint density at radius 1 is 0.893 bits per heavy atom. The molecule has 28 heavy (non-hydrogen) atoms. The smallest absolute Gasteiger partial charge is 0.120 e. The number of ether oxygens (including phenoxy) is 1. The van der Waals surface area contributed by atoms with Gasteiger partial charge in [0.2, 0.25) is 0 Å². The summed E-state index contributed by atoms with van der Waals surface area (Å²) in [5.41, 5.74) is 3.52. The summed E-state index contributed by atoms with van der Waals surface area (Å²) in [5.74, 6) is 0.939. The number of hydrogen-bond donors (Lipinski definition) is 0. The van der Waals surface area contributed by atoms with Gasteiger partial charge in [0, 0.05) is 6.21 Å². The molecular weight excluding hydrogens is 342 g/mol. The largest absolute Gasteiger partial charge is 0.488 e. The molecule has 0 N–H and O–H groups in total. The molecule has 0 radical (unpaired) electrons. The predicted molar refractivity (Wildman–Crippen MR) is 121 cm³/mol. The van der Waals surface area contributed by atoms with Crippen molar-refractivity contribution in [3.8, 4) is 5.75 Å². The molecule has 3 rings (SSSR count). The van der Waals surface area contributed by atoms with Gasteiger partial charge in [0.1, 0.15) is 11.4 Å². The lowest BCUT2D eigenvalue weighted by Gasteiger charge is -2.21. The minimum Gasteiger partial charge on any atom is -0.488 e. The summed E-state index contributed by atoms with van der Waals surface area (Å²) >= 11 is 0. The van der Waals surface area contributed by atoms with Crippen LogP contribution in [0.25, 0.3) is 10.8 Å². The van der Waals surface area contributed by atoms with Crippen molar-refractivity contribution >= 4 is 22.7 Å². The fourth-order valence-corrected chi connectivity index (χ4v) is 3.29. The third-order valence-corrected chi connectivity index (χ3v) is 4.69. The Morgan fingerprint density at radius 2 is 1.57 bits per heavy atom. The van der Waals surface area contributed by atoms with Crippen LogP contribution in [0.1, 0.15) is 51.2 Å². The minimum atomic E-state index is -0.149. The highest BCUT2D eigenvalue weighted by Crippen LogP contribution is 2.25. The van der Waals surface area contributed by atoms with E-state index in [1.165, 1.54) is 28.3 Å². The van der Waals surface area contributed by atoms with E-state index in [2.05, 4.69) is 94.6 Å². The Morgan fingerprint density at radius 3 is 2.25 bits per heavy atom. The lowest BCUT2D eigenvalue weighted by atomic mass is 10.1. The SMILES string of the molecule is Cc1cc2ccccc2cc1N=CCCCCc1ccc(OC(C)(C)C)cc1. The number of unbranched alkanes of at least 4 members (excludes halogenated alkanes) is 2. The second-order valence-electron chi connectivity index (χ2n) is 8.40. The molecular formula is C26H31NO. The third kappa shape index (κ3) is 5.95. The fraction of sp³-hybridized carbons (Fsp3) is 0.346. The van der Waals surface area contributed by atoms with Crippen molar-refractivity contribution in [2.75, 3.05) is 0 Å². The van der Waals surface area contributed by atoms with Crippen LogP contribution in [0, 0.1) is 6.92 Å². The van der Waals surface area contributed by atoms with Crippen molar-refractivity contribution in [2.24, 2.45) is 4.99 Å². The summed E-state index contributed by atoms with van der Waals surface area (Å²) in [7, 11) is 0. The van der Waals surface area contributed by atoms with Gasteiger partial charge in [0.05, 0.1) is 5.69 Å². The van der Waals surface area contributed by atoms with Crippen LogP contribution in [-0.2, 0) is 6.42 Å². The summed E-state index contributed by atoms with van der Waals surface area (Å²) in [5, 5.41) is 2.53. The highest BCUT2D eigenvalue weighted by Gasteiger charge is 2.11. The van der Waals surface area contributed by atoms with Gasteiger partial charge in [0.15, 0.2) is 0 Å². The number of aliphatic imine (C=N–C) groups is 1. The Kier molecular flexibility index (Phi) is 6.51. The summed E-state index contributed by atoms with van der Waals surface area (Å²) in [6.07, 6.45) is 6.49. The number of nitrogens with zero attached hydrogens (tertiary/aromatic N) is 1. The Hall–Kier alpha value is -2.61. The van der Waals surface area contributed by atoms with E-state index in [1.54, 1.807) is 0 Å². The zero-order chi connectivity index (χ0) is 20.0. The van der Waals surface area contributed by atoms with E-state index in [0.29, 0.717) is 0 Å². The predicted octanol–water partition coefficient (Wildman–Crippen LogP) is 7.44. The first-order valence-electron chi connectivity index (χ1n) is 10.2. The van der Waals surface area contributed by atoms with E-state index in [0.717, 1.165) is 30.7 Å². The summed E-state index contributed by atoms with van der Waals surface area (Å²) in [6.45, 7) is 8.35. The number of rotatable bonds is 7. The van der Waals surface area contributed by atoms with E-state index in [4.69, 9.17) is 9.73 Å². The summed E-state index contributed by atoms with van der Waals surface area (Å²) in [6, 6.07) is 21.3. The van der Waals surface area contributed by atoms with Crippen molar-refractivity contribution in [2.45, 2.75) is 59.0 Å². The number of hydrogen-bond acceptors (Lipinski definition) is 2. The lowest BCUT2D eigenvalue weighted by Crippen LogP contribution is -2.22. The van der Waals surface area contributed by atoms with Crippen molar-refractivity contribution in [1.29, 1.82) is 0 Å². The minimum absolute atomic E-state index is 0.149. The molecule has 2 heteroatoms. The van der Waals surface area contributed by atoms with Crippen LogP contribution in [-0.4, -0.2) is 11.8 Å². The molecule has 0 aliphatic carbocycles. The van der Waals surface area contributed by atoms with Gasteiger partial charge >= 0.3 is 0 Å². The number of aryl methyl sites for hydroxylation is 2. The highest BCUT2D eigenvalue weighted by atomic mass is 16.5. The summed E-state index contributed by atoms with van der Waals surface area (Å²) < 4.78 is 5.88. The molecule has 3 aromatic rings. The maximum atomic E-state index is 5.88. The van der Waals surface area contributed by atoms with Gasteiger partial charge in [0.25, 0.3) is 0 Å². The van der Waals surface area contributed by atoms with Gasteiger partial charge in [-0.25, -0.2) is 0 Å². The molecule has 0 heterocycles. The van der Waals surface area contributed by atoms with Gasteiger partial charge in [-0.05, 0) is 99.5 Å². The van der Waals surface area contributed by atoms with Crippen molar-refractivity contribution < 1.29 is 4.74 Å². The second kappa shape index (κ2) is 9.05. The molecule has 3 aromatic carbocycles. The standard InChI is InChI=1S/C26H31NO/c1-20-18-22-11-7-8-12-23(22)19-25(20)27-17-9-5-6-10-21-13-15-24(16-14-21)28-26(2,3)4/h7-8,11-19H,5-6,9-10H2,1-4H3. The van der Waals surface area contributed by atoms with Crippen LogP contribution in [0.5, 0.6) is 5.75 Å². The molecule has 0 atom stereocenters. The zero-order valence-corrected chi connectivity index (χ0v) is 17.5. The highest BCUT2D eigenvalue weighted by molar-refractivity contribution is 5.87. The molecule has 0 amide bonds. The molecule has 0 fully saturated rings. The van der Waals surface area contributed by atoms with E-state index >= 15 is 0 Å². The van der Waals surface area contributed by atoms with Crippen molar-refractivity contribution in [3.05, 3.63) is 71.8 Å². The average molecular weight is 374 g/mol. The van der Waals surface area contributed by atoms with Crippen LogP contribution in [0.2, 0.25) is 0 Å². The van der Waals surface area contributed by atoms with Crippen molar-refractivity contribution in [1.82, 2.24) is 0 Å². The Bertz CT molecular complexity index is 933. The van der Waals surface area contributed by atoms with Gasteiger partial charge < -0.3 is 4.74 Å². The normalized spacial score (nSPS) is 12.0. The van der Waals surface area contributed by atoms with Crippen LogP contribution >= 0.6 is 0 Å². The first-order valence-corrected chi connectivity index (χ1v) is 10.2. The van der Waals surface area contributed by atoms with E-state index in [-0.39, 0.29) is 5.60 Å². The number of fused-ring (bicyclic) bond motifs is 1. The Balaban J connectivity index is 1.45. The second-order valence-corrected chi connectivity index (χ2v) is 8.40. The fourth-order valence-electron chi connectivity index (χ4n) is 3.29. The quantitative estimate of drug-likeness (QED) is 0.311.